The van der Waals surface area contributed by atoms with Gasteiger partial charge in [0.15, 0.2) is 0 Å². The Hall–Kier alpha value is -5.60. The Kier molecular flexibility index (Phi) is 4.93. The lowest BCUT2D eigenvalue weighted by molar-refractivity contribution is 1.13. The van der Waals surface area contributed by atoms with Gasteiger partial charge in [0.1, 0.15) is 0 Å². The van der Waals surface area contributed by atoms with Gasteiger partial charge >= 0.3 is 0 Å². The van der Waals surface area contributed by atoms with Crippen molar-refractivity contribution in [3.63, 3.8) is 0 Å². The molecule has 9 aromatic rings. The molecule has 0 unspecified atom stereocenters. The normalized spacial score (nSPS) is 11.8. The highest BCUT2D eigenvalue weighted by atomic mass is 15.0. The van der Waals surface area contributed by atoms with E-state index in [0.29, 0.717) is 0 Å². The second kappa shape index (κ2) is 8.95. The Labute approximate surface area is 243 Å². The van der Waals surface area contributed by atoms with Gasteiger partial charge < -0.3 is 9.13 Å². The first kappa shape index (κ1) is 23.1. The van der Waals surface area contributed by atoms with Gasteiger partial charge in [0.25, 0.3) is 0 Å². The zero-order valence-electron chi connectivity index (χ0n) is 22.9. The monoisotopic (exact) mass is 534 g/mol. The number of hydrogen-bond donors (Lipinski definition) is 0. The van der Waals surface area contributed by atoms with Crippen molar-refractivity contribution >= 4 is 54.3 Å². The van der Waals surface area contributed by atoms with Crippen LogP contribution in [-0.2, 0) is 0 Å². The first-order valence-electron chi connectivity index (χ1n) is 14.5. The average Bonchev–Trinajstić information content (AvgIpc) is 3.64. The number of nitrogens with zero attached hydrogens (tertiary/aromatic N) is 2. The molecule has 0 spiro atoms. The molecule has 0 atom stereocenters. The van der Waals surface area contributed by atoms with E-state index in [0.717, 1.165) is 5.69 Å². The maximum Gasteiger partial charge on any atom is 0.0635 e. The third kappa shape index (κ3) is 3.33. The summed E-state index contributed by atoms with van der Waals surface area (Å²) in [6.07, 6.45) is 2.19. The molecule has 9 rings (SSSR count). The van der Waals surface area contributed by atoms with Crippen molar-refractivity contribution in [1.29, 1.82) is 0 Å². The van der Waals surface area contributed by atoms with Gasteiger partial charge in [-0.2, -0.15) is 0 Å². The topological polar surface area (TPSA) is 9.86 Å². The van der Waals surface area contributed by atoms with Crippen LogP contribution in [0.5, 0.6) is 0 Å². The molecule has 196 valence electrons. The van der Waals surface area contributed by atoms with Crippen LogP contribution >= 0.6 is 0 Å². The molecule has 0 aliphatic rings. The summed E-state index contributed by atoms with van der Waals surface area (Å²) in [5, 5.41) is 8.89. The van der Waals surface area contributed by atoms with Crippen LogP contribution < -0.4 is 0 Å². The fourth-order valence-electron chi connectivity index (χ4n) is 6.86. The van der Waals surface area contributed by atoms with Crippen molar-refractivity contribution in [3.05, 3.63) is 158 Å². The first-order chi connectivity index (χ1) is 20.8. The van der Waals surface area contributed by atoms with Gasteiger partial charge in [0.05, 0.1) is 16.6 Å². The maximum atomic E-state index is 2.44. The third-order valence-electron chi connectivity index (χ3n) is 8.72. The van der Waals surface area contributed by atoms with Gasteiger partial charge in [-0.3, -0.25) is 0 Å². The molecule has 7 aromatic carbocycles. The fraction of sp³-hybridized carbons (Fsp3) is 0. The molecular formula is C40H26N2. The van der Waals surface area contributed by atoms with Gasteiger partial charge in [-0.25, -0.2) is 0 Å². The summed E-state index contributed by atoms with van der Waals surface area (Å²) < 4.78 is 4.72. The lowest BCUT2D eigenvalue weighted by Gasteiger charge is -2.14. The summed E-state index contributed by atoms with van der Waals surface area (Å²) >= 11 is 0. The summed E-state index contributed by atoms with van der Waals surface area (Å²) in [6.45, 7) is 0. The molecule has 0 aliphatic heterocycles. The summed E-state index contributed by atoms with van der Waals surface area (Å²) in [6, 6.07) is 55.0. The van der Waals surface area contributed by atoms with Gasteiger partial charge in [-0.15, -0.1) is 0 Å². The lowest BCUT2D eigenvalue weighted by atomic mass is 9.92. The van der Waals surface area contributed by atoms with E-state index >= 15 is 0 Å². The summed E-state index contributed by atoms with van der Waals surface area (Å²) in [4.78, 5) is 0. The van der Waals surface area contributed by atoms with Gasteiger partial charge in [-0.05, 0) is 81.2 Å². The van der Waals surface area contributed by atoms with E-state index in [1.165, 1.54) is 71.1 Å². The molecule has 0 radical (unpaired) electrons. The predicted molar refractivity (Wildman–Crippen MR) is 178 cm³/mol. The lowest BCUT2D eigenvalue weighted by Crippen LogP contribution is -1.95. The summed E-state index contributed by atoms with van der Waals surface area (Å²) in [7, 11) is 0. The Balaban J connectivity index is 1.29. The smallest absolute Gasteiger partial charge is 0.0635 e. The molecule has 0 saturated carbocycles. The minimum Gasteiger partial charge on any atom is -0.316 e. The molecule has 2 aromatic heterocycles. The highest BCUT2D eigenvalue weighted by Gasteiger charge is 2.17. The van der Waals surface area contributed by atoms with E-state index in [1.807, 2.05) is 0 Å². The number of fused-ring (bicyclic) bond motifs is 7. The van der Waals surface area contributed by atoms with E-state index in [9.17, 15) is 0 Å². The van der Waals surface area contributed by atoms with Crippen LogP contribution in [0.2, 0.25) is 0 Å². The maximum absolute atomic E-state index is 2.44. The molecule has 42 heavy (non-hydrogen) atoms. The SMILES string of the molecule is c1ccc(-n2ccc3c2ccc2c4ccccc4n(-c4ccc(-c5c6ccccc6cc6ccccc56)cc4)c23)cc1. The standard InChI is InChI=1S/C40H26N2/c1-2-12-30(13-3-1)41-25-24-36-37(41)23-22-35-34-16-8-9-17-38(34)42(40(35)36)31-20-18-27(19-21-31)39-32-14-6-4-10-28(32)26-29-11-5-7-15-33(29)39/h1-26H. The van der Waals surface area contributed by atoms with E-state index in [1.54, 1.807) is 0 Å². The zero-order valence-corrected chi connectivity index (χ0v) is 22.9. The van der Waals surface area contributed by atoms with Crippen molar-refractivity contribution in [2.75, 3.05) is 0 Å². The molecule has 0 bridgehead atoms. The highest BCUT2D eigenvalue weighted by Crippen LogP contribution is 2.40. The number of rotatable bonds is 3. The molecule has 0 aliphatic carbocycles. The van der Waals surface area contributed by atoms with Crippen LogP contribution in [0.3, 0.4) is 0 Å². The number of benzene rings is 7. The largest absolute Gasteiger partial charge is 0.316 e. The summed E-state index contributed by atoms with van der Waals surface area (Å²) in [5.74, 6) is 0. The first-order valence-corrected chi connectivity index (χ1v) is 14.5. The Bertz CT molecular complexity index is 2390. The van der Waals surface area contributed by atoms with Gasteiger partial charge in [0.2, 0.25) is 0 Å². The van der Waals surface area contributed by atoms with E-state index in [2.05, 4.69) is 167 Å². The Morgan fingerprint density at radius 3 is 1.76 bits per heavy atom. The summed E-state index contributed by atoms with van der Waals surface area (Å²) in [5.41, 5.74) is 8.52. The second-order valence-corrected chi connectivity index (χ2v) is 11.0. The molecular weight excluding hydrogens is 508 g/mol. The van der Waals surface area contributed by atoms with Crippen LogP contribution in [0, 0.1) is 0 Å². The van der Waals surface area contributed by atoms with E-state index in [4.69, 9.17) is 0 Å². The van der Waals surface area contributed by atoms with Gasteiger partial charge in [-0.1, -0.05) is 103 Å². The van der Waals surface area contributed by atoms with Crippen LogP contribution in [0.4, 0.5) is 0 Å². The van der Waals surface area contributed by atoms with Crippen LogP contribution in [-0.4, -0.2) is 9.13 Å². The van der Waals surface area contributed by atoms with Crippen molar-refractivity contribution < 1.29 is 0 Å². The zero-order chi connectivity index (χ0) is 27.6. The molecule has 2 nitrogen and oxygen atoms in total. The van der Waals surface area contributed by atoms with Crippen LogP contribution in [0.1, 0.15) is 0 Å². The molecule has 2 heteroatoms. The molecule has 2 heterocycles. The van der Waals surface area contributed by atoms with Crippen LogP contribution in [0.25, 0.3) is 76.8 Å². The van der Waals surface area contributed by atoms with Crippen molar-refractivity contribution in [3.8, 4) is 22.5 Å². The quantitative estimate of drug-likeness (QED) is 0.200. The molecule has 0 N–H and O–H groups in total. The average molecular weight is 535 g/mol. The van der Waals surface area contributed by atoms with Crippen molar-refractivity contribution in [1.82, 2.24) is 9.13 Å². The third-order valence-corrected chi connectivity index (χ3v) is 8.72. The van der Waals surface area contributed by atoms with Gasteiger partial charge in [0, 0.05) is 33.7 Å². The van der Waals surface area contributed by atoms with Crippen molar-refractivity contribution in [2.45, 2.75) is 0 Å². The number of aromatic nitrogens is 2. The minimum atomic E-state index is 1.16. The highest BCUT2D eigenvalue weighted by molar-refractivity contribution is 6.18. The van der Waals surface area contributed by atoms with E-state index < -0.39 is 0 Å². The minimum absolute atomic E-state index is 1.16. The Morgan fingerprint density at radius 1 is 0.381 bits per heavy atom. The molecule has 0 fully saturated rings. The second-order valence-electron chi connectivity index (χ2n) is 11.0. The van der Waals surface area contributed by atoms with Crippen LogP contribution in [0.15, 0.2) is 158 Å². The van der Waals surface area contributed by atoms with Crippen molar-refractivity contribution in [2.24, 2.45) is 0 Å². The Morgan fingerprint density at radius 2 is 1.02 bits per heavy atom. The number of hydrogen-bond acceptors (Lipinski definition) is 0. The molecule has 0 saturated heterocycles. The predicted octanol–water partition coefficient (Wildman–Crippen LogP) is 10.7. The fourth-order valence-corrected chi connectivity index (χ4v) is 6.86. The number of para-hydroxylation sites is 2. The van der Waals surface area contributed by atoms with E-state index in [-0.39, 0.29) is 0 Å². The molecule has 0 amide bonds.